The molecule has 0 amide bonds. The molecule has 0 atom stereocenters. The lowest BCUT2D eigenvalue weighted by molar-refractivity contribution is 0.997. The van der Waals surface area contributed by atoms with Crippen molar-refractivity contribution in [2.45, 2.75) is 11.4 Å². The summed E-state index contributed by atoms with van der Waals surface area (Å²) >= 11 is 1.73. The van der Waals surface area contributed by atoms with Gasteiger partial charge in [0.05, 0.1) is 11.2 Å². The predicted molar refractivity (Wildman–Crippen MR) is 61.4 cm³/mol. The standard InChI is InChI=1S/C11H12N2S/c1-14-11-6-8(7-12)13-10-5-3-2-4-9(10)11/h2-6H,7,12H2,1H3. The topological polar surface area (TPSA) is 38.9 Å². The van der Waals surface area contributed by atoms with Gasteiger partial charge in [-0.2, -0.15) is 0 Å². The van der Waals surface area contributed by atoms with E-state index in [1.54, 1.807) is 11.8 Å². The first-order valence-electron chi connectivity index (χ1n) is 4.48. The number of hydrogen-bond acceptors (Lipinski definition) is 3. The minimum Gasteiger partial charge on any atom is -0.325 e. The predicted octanol–water partition coefficient (Wildman–Crippen LogP) is 2.42. The summed E-state index contributed by atoms with van der Waals surface area (Å²) in [5.41, 5.74) is 7.57. The van der Waals surface area contributed by atoms with Gasteiger partial charge in [-0.05, 0) is 18.4 Å². The number of para-hydroxylation sites is 1. The smallest absolute Gasteiger partial charge is 0.0717 e. The molecule has 0 saturated carbocycles. The van der Waals surface area contributed by atoms with Crippen molar-refractivity contribution in [1.82, 2.24) is 4.98 Å². The molecule has 2 aromatic rings. The van der Waals surface area contributed by atoms with Crippen molar-refractivity contribution in [2.75, 3.05) is 6.26 Å². The van der Waals surface area contributed by atoms with Gasteiger partial charge in [0.15, 0.2) is 0 Å². The molecule has 3 heteroatoms. The second-order valence-electron chi connectivity index (χ2n) is 3.04. The highest BCUT2D eigenvalue weighted by atomic mass is 32.2. The molecule has 0 aliphatic heterocycles. The molecule has 0 bridgehead atoms. The van der Waals surface area contributed by atoms with Gasteiger partial charge in [-0.25, -0.2) is 0 Å². The quantitative estimate of drug-likeness (QED) is 0.763. The minimum atomic E-state index is 0.498. The molecule has 1 aromatic carbocycles. The molecule has 2 rings (SSSR count). The molecule has 0 aliphatic carbocycles. The molecule has 2 N–H and O–H groups in total. The maximum Gasteiger partial charge on any atom is 0.0717 e. The summed E-state index contributed by atoms with van der Waals surface area (Å²) in [4.78, 5) is 5.71. The Balaban J connectivity index is 2.73. The summed E-state index contributed by atoms with van der Waals surface area (Å²) in [5, 5.41) is 1.21. The third-order valence-corrected chi connectivity index (χ3v) is 2.94. The van der Waals surface area contributed by atoms with Gasteiger partial charge >= 0.3 is 0 Å². The van der Waals surface area contributed by atoms with Gasteiger partial charge in [-0.1, -0.05) is 18.2 Å². The fraction of sp³-hybridized carbons (Fsp3) is 0.182. The fourth-order valence-corrected chi connectivity index (χ4v) is 2.12. The van der Waals surface area contributed by atoms with Crippen molar-refractivity contribution in [3.05, 3.63) is 36.0 Å². The van der Waals surface area contributed by atoms with Crippen LogP contribution in [-0.4, -0.2) is 11.2 Å². The van der Waals surface area contributed by atoms with Gasteiger partial charge < -0.3 is 5.73 Å². The van der Waals surface area contributed by atoms with Gasteiger partial charge in [0, 0.05) is 16.8 Å². The zero-order chi connectivity index (χ0) is 9.97. The van der Waals surface area contributed by atoms with Crippen LogP contribution in [0.2, 0.25) is 0 Å². The molecule has 2 nitrogen and oxygen atoms in total. The molecule has 0 unspecified atom stereocenters. The average Bonchev–Trinajstić information content (AvgIpc) is 2.27. The Morgan fingerprint density at radius 3 is 2.86 bits per heavy atom. The average molecular weight is 204 g/mol. The molecule has 14 heavy (non-hydrogen) atoms. The van der Waals surface area contributed by atoms with Crippen molar-refractivity contribution < 1.29 is 0 Å². The van der Waals surface area contributed by atoms with Crippen LogP contribution in [0.5, 0.6) is 0 Å². The van der Waals surface area contributed by atoms with Crippen LogP contribution in [0.15, 0.2) is 35.2 Å². The Labute approximate surface area is 87.5 Å². The lowest BCUT2D eigenvalue weighted by atomic mass is 10.2. The van der Waals surface area contributed by atoms with Crippen LogP contribution in [0, 0.1) is 0 Å². The second kappa shape index (κ2) is 3.98. The number of aromatic nitrogens is 1. The molecule has 72 valence electrons. The van der Waals surface area contributed by atoms with Crippen LogP contribution < -0.4 is 5.73 Å². The van der Waals surface area contributed by atoms with Gasteiger partial charge in [0.2, 0.25) is 0 Å². The lowest BCUT2D eigenvalue weighted by Crippen LogP contribution is -2.00. The first kappa shape index (κ1) is 9.49. The SMILES string of the molecule is CSc1cc(CN)nc2ccccc12. The Bertz CT molecular complexity index is 454. The lowest BCUT2D eigenvalue weighted by Gasteiger charge is -2.05. The summed E-state index contributed by atoms with van der Waals surface area (Å²) in [6.07, 6.45) is 2.07. The molecule has 1 aromatic heterocycles. The van der Waals surface area contributed by atoms with Crippen LogP contribution in [0.25, 0.3) is 10.9 Å². The highest BCUT2D eigenvalue weighted by molar-refractivity contribution is 7.98. The maximum atomic E-state index is 5.59. The van der Waals surface area contributed by atoms with Gasteiger partial charge in [-0.3, -0.25) is 4.98 Å². The Morgan fingerprint density at radius 2 is 2.14 bits per heavy atom. The third-order valence-electron chi connectivity index (χ3n) is 2.16. The van der Waals surface area contributed by atoms with E-state index < -0.39 is 0 Å². The molecule has 0 radical (unpaired) electrons. The summed E-state index contributed by atoms with van der Waals surface area (Å²) in [6, 6.07) is 10.2. The minimum absolute atomic E-state index is 0.498. The highest BCUT2D eigenvalue weighted by Gasteiger charge is 2.02. The van der Waals surface area contributed by atoms with Gasteiger partial charge in [-0.15, -0.1) is 11.8 Å². The van der Waals surface area contributed by atoms with E-state index in [2.05, 4.69) is 23.4 Å². The maximum absolute atomic E-state index is 5.59. The molecule has 0 spiro atoms. The van der Waals surface area contributed by atoms with Crippen molar-refractivity contribution in [3.63, 3.8) is 0 Å². The van der Waals surface area contributed by atoms with Crippen LogP contribution in [-0.2, 0) is 6.54 Å². The van der Waals surface area contributed by atoms with Crippen LogP contribution in [0.4, 0.5) is 0 Å². The number of thioether (sulfide) groups is 1. The summed E-state index contributed by atoms with van der Waals surface area (Å²) < 4.78 is 0. The van der Waals surface area contributed by atoms with Crippen molar-refractivity contribution >= 4 is 22.7 Å². The number of hydrogen-bond donors (Lipinski definition) is 1. The number of rotatable bonds is 2. The van der Waals surface area contributed by atoms with E-state index in [-0.39, 0.29) is 0 Å². The van der Waals surface area contributed by atoms with E-state index in [0.29, 0.717) is 6.54 Å². The number of pyridine rings is 1. The molecular weight excluding hydrogens is 192 g/mol. The second-order valence-corrected chi connectivity index (χ2v) is 3.89. The van der Waals surface area contributed by atoms with Crippen LogP contribution in [0.3, 0.4) is 0 Å². The normalized spacial score (nSPS) is 10.7. The van der Waals surface area contributed by atoms with Crippen molar-refractivity contribution in [3.8, 4) is 0 Å². The van der Waals surface area contributed by atoms with Crippen molar-refractivity contribution in [1.29, 1.82) is 0 Å². The van der Waals surface area contributed by atoms with Crippen molar-refractivity contribution in [2.24, 2.45) is 5.73 Å². The molecule has 1 heterocycles. The Hall–Kier alpha value is -1.06. The number of nitrogens with two attached hydrogens (primary N) is 1. The number of nitrogens with zero attached hydrogens (tertiary/aromatic N) is 1. The Morgan fingerprint density at radius 1 is 1.36 bits per heavy atom. The zero-order valence-corrected chi connectivity index (χ0v) is 8.84. The largest absolute Gasteiger partial charge is 0.325 e. The molecule has 0 saturated heterocycles. The van der Waals surface area contributed by atoms with Gasteiger partial charge in [0.25, 0.3) is 0 Å². The summed E-state index contributed by atoms with van der Waals surface area (Å²) in [7, 11) is 0. The number of fused-ring (bicyclic) bond motifs is 1. The molecular formula is C11H12N2S. The van der Waals surface area contributed by atoms with E-state index in [1.807, 2.05) is 18.2 Å². The third kappa shape index (κ3) is 1.61. The summed E-state index contributed by atoms with van der Waals surface area (Å²) in [5.74, 6) is 0. The monoisotopic (exact) mass is 204 g/mol. The zero-order valence-electron chi connectivity index (χ0n) is 8.03. The summed E-state index contributed by atoms with van der Waals surface area (Å²) in [6.45, 7) is 0.498. The fourth-order valence-electron chi connectivity index (χ4n) is 1.47. The first-order chi connectivity index (χ1) is 6.85. The van der Waals surface area contributed by atoms with Crippen LogP contribution in [0.1, 0.15) is 5.69 Å². The number of benzene rings is 1. The molecule has 0 aliphatic rings. The molecule has 0 fully saturated rings. The van der Waals surface area contributed by atoms with E-state index in [1.165, 1.54) is 10.3 Å². The highest BCUT2D eigenvalue weighted by Crippen LogP contribution is 2.25. The van der Waals surface area contributed by atoms with Gasteiger partial charge in [0.1, 0.15) is 0 Å². The first-order valence-corrected chi connectivity index (χ1v) is 5.70. The Kier molecular flexibility index (Phi) is 2.70. The van der Waals surface area contributed by atoms with E-state index in [9.17, 15) is 0 Å². The van der Waals surface area contributed by atoms with Crippen LogP contribution >= 0.6 is 11.8 Å². The van der Waals surface area contributed by atoms with E-state index >= 15 is 0 Å². The van der Waals surface area contributed by atoms with E-state index in [4.69, 9.17) is 5.73 Å². The van der Waals surface area contributed by atoms with E-state index in [0.717, 1.165) is 11.2 Å².